The fourth-order valence-corrected chi connectivity index (χ4v) is 3.93. The van der Waals surface area contributed by atoms with Gasteiger partial charge in [-0.25, -0.2) is 13.8 Å². The van der Waals surface area contributed by atoms with Crippen LogP contribution in [0.2, 0.25) is 0 Å². The predicted molar refractivity (Wildman–Crippen MR) is 95.7 cm³/mol. The summed E-state index contributed by atoms with van der Waals surface area (Å²) >= 11 is 0. The summed E-state index contributed by atoms with van der Waals surface area (Å²) in [5.41, 5.74) is 1.49. The molecule has 3 fully saturated rings. The molecule has 2 saturated carbocycles. The fourth-order valence-electron chi connectivity index (χ4n) is 3.93. The Morgan fingerprint density at radius 3 is 2.59 bits per heavy atom. The van der Waals surface area contributed by atoms with E-state index in [0.717, 1.165) is 32.1 Å². The Bertz CT molecular complexity index is 731. The van der Waals surface area contributed by atoms with E-state index < -0.39 is 12.0 Å². The quantitative estimate of drug-likeness (QED) is 0.820. The highest BCUT2D eigenvalue weighted by Crippen LogP contribution is 2.46. The van der Waals surface area contributed by atoms with E-state index in [1.807, 2.05) is 0 Å². The Labute approximate surface area is 156 Å². The van der Waals surface area contributed by atoms with Crippen LogP contribution in [0.25, 0.3) is 0 Å². The van der Waals surface area contributed by atoms with E-state index in [0.29, 0.717) is 17.8 Å². The minimum Gasteiger partial charge on any atom is -0.494 e. The molecule has 1 aromatic rings. The van der Waals surface area contributed by atoms with Gasteiger partial charge >= 0.3 is 0 Å². The van der Waals surface area contributed by atoms with E-state index in [4.69, 9.17) is 4.74 Å². The van der Waals surface area contributed by atoms with Gasteiger partial charge in [-0.3, -0.25) is 4.79 Å². The Morgan fingerprint density at radius 1 is 1.30 bits per heavy atom. The summed E-state index contributed by atoms with van der Waals surface area (Å²) in [5, 5.41) is 13.0. The smallest absolute Gasteiger partial charge is 0.282 e. The van der Waals surface area contributed by atoms with Crippen molar-refractivity contribution in [3.8, 4) is 5.75 Å². The van der Waals surface area contributed by atoms with Gasteiger partial charge in [0.25, 0.3) is 11.8 Å². The van der Waals surface area contributed by atoms with Crippen LogP contribution in [0.4, 0.5) is 14.5 Å². The second kappa shape index (κ2) is 6.89. The summed E-state index contributed by atoms with van der Waals surface area (Å²) in [6, 6.07) is 1.36. The first-order valence-corrected chi connectivity index (χ1v) is 9.58. The van der Waals surface area contributed by atoms with Gasteiger partial charge in [-0.2, -0.15) is 0 Å². The average Bonchev–Trinajstić information content (AvgIpc) is 3.45. The number of alkyl halides is 2. The number of ether oxygens (including phenoxy) is 1. The number of methoxy groups -OCH3 is 1. The molecular formula is C19H25F2N3O3. The van der Waals surface area contributed by atoms with Crippen molar-refractivity contribution in [1.29, 1.82) is 0 Å². The number of hydrogen-bond donors (Lipinski definition) is 2. The van der Waals surface area contributed by atoms with E-state index in [9.17, 15) is 18.7 Å². The van der Waals surface area contributed by atoms with Crippen LogP contribution in [-0.4, -0.2) is 54.3 Å². The van der Waals surface area contributed by atoms with E-state index >= 15 is 0 Å². The first kappa shape index (κ1) is 18.4. The third-order valence-electron chi connectivity index (χ3n) is 5.63. The number of carbonyl (C=O) groups excluding carboxylic acids is 1. The summed E-state index contributed by atoms with van der Waals surface area (Å²) < 4.78 is 32.0. The monoisotopic (exact) mass is 381 g/mol. The standard InChI is InChI=1S/C19H25F2N3O3/c1-27-15-8-13(24-9-19(20,21)10-24)16(11-6-7-11)23-17(15)18(26)22-12-4-2-3-5-14(12)25/h8,11-12,14,25H,2-7,9-10H2,1H3,(H,22,26). The molecule has 0 aromatic carbocycles. The first-order chi connectivity index (χ1) is 12.9. The van der Waals surface area contributed by atoms with Crippen molar-refractivity contribution in [3.05, 3.63) is 17.5 Å². The lowest BCUT2D eigenvalue weighted by Crippen LogP contribution is -2.56. The lowest BCUT2D eigenvalue weighted by atomic mass is 9.92. The predicted octanol–water partition coefficient (Wildman–Crippen LogP) is 2.46. The van der Waals surface area contributed by atoms with Crippen LogP contribution < -0.4 is 15.0 Å². The lowest BCUT2D eigenvalue weighted by Gasteiger charge is -2.41. The van der Waals surface area contributed by atoms with Crippen LogP contribution in [0.3, 0.4) is 0 Å². The number of amides is 1. The third-order valence-corrected chi connectivity index (χ3v) is 5.63. The summed E-state index contributed by atoms with van der Waals surface area (Å²) in [6.07, 6.45) is 4.64. The molecule has 2 atom stereocenters. The molecule has 27 heavy (non-hydrogen) atoms. The molecule has 8 heteroatoms. The topological polar surface area (TPSA) is 74.7 Å². The molecule has 1 aromatic heterocycles. The SMILES string of the molecule is COc1cc(N2CC(F)(F)C2)c(C2CC2)nc1C(=O)NC1CCCCC1O. The molecule has 3 aliphatic rings. The Morgan fingerprint density at radius 2 is 2.00 bits per heavy atom. The van der Waals surface area contributed by atoms with Gasteiger partial charge in [-0.15, -0.1) is 0 Å². The molecule has 1 saturated heterocycles. The molecular weight excluding hydrogens is 356 g/mol. The van der Waals surface area contributed by atoms with Gasteiger partial charge in [0.15, 0.2) is 11.4 Å². The summed E-state index contributed by atoms with van der Waals surface area (Å²) in [6.45, 7) is -0.672. The number of nitrogens with zero attached hydrogens (tertiary/aromatic N) is 2. The number of carbonyl (C=O) groups is 1. The number of halogens is 2. The maximum absolute atomic E-state index is 13.3. The molecule has 2 N–H and O–H groups in total. The van der Waals surface area contributed by atoms with Crippen molar-refractivity contribution in [3.63, 3.8) is 0 Å². The summed E-state index contributed by atoms with van der Waals surface area (Å²) in [5.74, 6) is -2.60. The van der Waals surface area contributed by atoms with Gasteiger partial charge in [0.05, 0.1) is 43.7 Å². The molecule has 4 rings (SSSR count). The maximum atomic E-state index is 13.3. The molecule has 148 valence electrons. The van der Waals surface area contributed by atoms with Crippen LogP contribution >= 0.6 is 0 Å². The summed E-state index contributed by atoms with van der Waals surface area (Å²) in [7, 11) is 1.44. The van der Waals surface area contributed by atoms with E-state index in [1.54, 1.807) is 11.0 Å². The van der Waals surface area contributed by atoms with Crippen molar-refractivity contribution in [1.82, 2.24) is 10.3 Å². The largest absolute Gasteiger partial charge is 0.494 e. The van der Waals surface area contributed by atoms with Gasteiger partial charge in [0.2, 0.25) is 0 Å². The number of rotatable bonds is 5. The second-order valence-corrected chi connectivity index (χ2v) is 7.86. The molecule has 2 unspecified atom stereocenters. The molecule has 0 bridgehead atoms. The minimum atomic E-state index is -2.68. The molecule has 0 radical (unpaired) electrons. The second-order valence-electron chi connectivity index (χ2n) is 7.86. The van der Waals surface area contributed by atoms with Crippen molar-refractivity contribution in [2.45, 2.75) is 62.5 Å². The number of anilines is 1. The molecule has 0 spiro atoms. The normalized spacial score (nSPS) is 27.0. The van der Waals surface area contributed by atoms with Crippen molar-refractivity contribution >= 4 is 11.6 Å². The van der Waals surface area contributed by atoms with Gasteiger partial charge < -0.3 is 20.1 Å². The van der Waals surface area contributed by atoms with Crippen LogP contribution in [0.5, 0.6) is 5.75 Å². The van der Waals surface area contributed by atoms with Crippen molar-refractivity contribution < 1.29 is 23.4 Å². The lowest BCUT2D eigenvalue weighted by molar-refractivity contribution is -0.0264. The highest BCUT2D eigenvalue weighted by atomic mass is 19.3. The number of hydrogen-bond acceptors (Lipinski definition) is 5. The number of nitrogens with one attached hydrogen (secondary N) is 1. The molecule has 2 heterocycles. The van der Waals surface area contributed by atoms with E-state index in [1.165, 1.54) is 7.11 Å². The highest BCUT2D eigenvalue weighted by molar-refractivity contribution is 5.96. The van der Waals surface area contributed by atoms with Crippen LogP contribution in [0.1, 0.15) is 60.6 Å². The van der Waals surface area contributed by atoms with Crippen molar-refractivity contribution in [2.24, 2.45) is 0 Å². The number of pyridine rings is 1. The molecule has 6 nitrogen and oxygen atoms in total. The zero-order chi connectivity index (χ0) is 19.2. The summed E-state index contributed by atoms with van der Waals surface area (Å²) in [4.78, 5) is 18.9. The zero-order valence-corrected chi connectivity index (χ0v) is 15.4. The van der Waals surface area contributed by atoms with Gasteiger partial charge in [0, 0.05) is 12.0 Å². The fraction of sp³-hybridized carbons (Fsp3) is 0.684. The van der Waals surface area contributed by atoms with Crippen molar-refractivity contribution in [2.75, 3.05) is 25.1 Å². The van der Waals surface area contributed by atoms with E-state index in [2.05, 4.69) is 10.3 Å². The highest BCUT2D eigenvalue weighted by Gasteiger charge is 2.46. The number of aromatic nitrogens is 1. The average molecular weight is 381 g/mol. The number of aliphatic hydroxyl groups is 1. The Hall–Kier alpha value is -1.96. The Balaban J connectivity index is 1.60. The van der Waals surface area contributed by atoms with Crippen LogP contribution in [0, 0.1) is 0 Å². The van der Waals surface area contributed by atoms with Crippen LogP contribution in [0.15, 0.2) is 6.07 Å². The number of aliphatic hydroxyl groups excluding tert-OH is 1. The zero-order valence-electron chi connectivity index (χ0n) is 15.4. The van der Waals surface area contributed by atoms with E-state index in [-0.39, 0.29) is 42.4 Å². The van der Waals surface area contributed by atoms with Gasteiger partial charge in [-0.1, -0.05) is 12.8 Å². The first-order valence-electron chi connectivity index (χ1n) is 9.58. The molecule has 1 amide bonds. The Kier molecular flexibility index (Phi) is 4.70. The van der Waals surface area contributed by atoms with Gasteiger partial charge in [-0.05, 0) is 25.7 Å². The van der Waals surface area contributed by atoms with Crippen LogP contribution in [-0.2, 0) is 0 Å². The molecule has 2 aliphatic carbocycles. The maximum Gasteiger partial charge on any atom is 0.282 e. The van der Waals surface area contributed by atoms with Gasteiger partial charge in [0.1, 0.15) is 0 Å². The molecule has 1 aliphatic heterocycles. The minimum absolute atomic E-state index is 0.160. The third kappa shape index (κ3) is 3.72.